The lowest BCUT2D eigenvalue weighted by Gasteiger charge is -2.46. The lowest BCUT2D eigenvalue weighted by atomic mass is 9.77. The second-order valence-corrected chi connectivity index (χ2v) is 6.31. The Morgan fingerprint density at radius 2 is 1.72 bits per heavy atom. The molecule has 0 amide bonds. The molecule has 1 N–H and O–H groups in total. The SMILES string of the molecule is CC1(C)CC(C(=O)O)(N2CCOCC2)C(C)(C)O1. The van der Waals surface area contributed by atoms with Crippen LogP contribution in [-0.4, -0.2) is 59.0 Å². The van der Waals surface area contributed by atoms with Crippen LogP contribution in [0.4, 0.5) is 0 Å². The van der Waals surface area contributed by atoms with Gasteiger partial charge in [0.25, 0.3) is 0 Å². The Labute approximate surface area is 108 Å². The van der Waals surface area contributed by atoms with Crippen LogP contribution < -0.4 is 0 Å². The van der Waals surface area contributed by atoms with Crippen molar-refractivity contribution in [2.75, 3.05) is 26.3 Å². The van der Waals surface area contributed by atoms with Crippen molar-refractivity contribution in [2.24, 2.45) is 0 Å². The first-order valence-electron chi connectivity index (χ1n) is 6.48. The molecule has 5 heteroatoms. The van der Waals surface area contributed by atoms with E-state index in [-0.39, 0.29) is 0 Å². The summed E-state index contributed by atoms with van der Waals surface area (Å²) in [5, 5.41) is 9.82. The molecule has 18 heavy (non-hydrogen) atoms. The zero-order chi connectivity index (χ0) is 13.6. The van der Waals surface area contributed by atoms with Crippen LogP contribution in [0.3, 0.4) is 0 Å². The lowest BCUT2D eigenvalue weighted by molar-refractivity contribution is -0.170. The van der Waals surface area contributed by atoms with Crippen LogP contribution in [0.2, 0.25) is 0 Å². The summed E-state index contributed by atoms with van der Waals surface area (Å²) in [7, 11) is 0. The van der Waals surface area contributed by atoms with Crippen molar-refractivity contribution in [3.05, 3.63) is 0 Å². The van der Waals surface area contributed by atoms with Gasteiger partial charge >= 0.3 is 5.97 Å². The first-order chi connectivity index (χ1) is 8.21. The van der Waals surface area contributed by atoms with E-state index in [4.69, 9.17) is 9.47 Å². The highest BCUT2D eigenvalue weighted by Gasteiger charge is 2.64. The maximum atomic E-state index is 12.0. The van der Waals surface area contributed by atoms with Gasteiger partial charge in [-0.05, 0) is 27.7 Å². The predicted octanol–water partition coefficient (Wildman–Crippen LogP) is 1.12. The van der Waals surface area contributed by atoms with E-state index in [1.165, 1.54) is 0 Å². The average Bonchev–Trinajstić information content (AvgIpc) is 2.45. The summed E-state index contributed by atoms with van der Waals surface area (Å²) in [6.07, 6.45) is 0.502. The van der Waals surface area contributed by atoms with Crippen molar-refractivity contribution in [1.29, 1.82) is 0 Å². The highest BCUT2D eigenvalue weighted by Crippen LogP contribution is 2.48. The minimum Gasteiger partial charge on any atom is -0.480 e. The Kier molecular flexibility index (Phi) is 3.20. The maximum absolute atomic E-state index is 12.0. The Morgan fingerprint density at radius 3 is 2.11 bits per heavy atom. The number of morpholine rings is 1. The van der Waals surface area contributed by atoms with E-state index in [1.54, 1.807) is 0 Å². The fourth-order valence-corrected chi connectivity index (χ4v) is 3.55. The van der Waals surface area contributed by atoms with Gasteiger partial charge in [-0.1, -0.05) is 0 Å². The summed E-state index contributed by atoms with van der Waals surface area (Å²) in [6.45, 7) is 10.2. The molecule has 0 saturated carbocycles. The summed E-state index contributed by atoms with van der Waals surface area (Å²) < 4.78 is 11.3. The summed E-state index contributed by atoms with van der Waals surface area (Å²) in [6, 6.07) is 0. The lowest BCUT2D eigenvalue weighted by Crippen LogP contribution is -2.66. The van der Waals surface area contributed by atoms with Crippen molar-refractivity contribution >= 4 is 5.97 Å². The minimum atomic E-state index is -0.958. The Bertz CT molecular complexity index is 347. The number of ether oxygens (including phenoxy) is 2. The first kappa shape index (κ1) is 13.8. The molecule has 0 bridgehead atoms. The molecule has 5 nitrogen and oxygen atoms in total. The Hall–Kier alpha value is -0.650. The van der Waals surface area contributed by atoms with Crippen LogP contribution in [0, 0.1) is 0 Å². The van der Waals surface area contributed by atoms with Crippen molar-refractivity contribution in [2.45, 2.75) is 50.9 Å². The fourth-order valence-electron chi connectivity index (χ4n) is 3.55. The number of carboxylic acids is 1. The largest absolute Gasteiger partial charge is 0.480 e. The van der Waals surface area contributed by atoms with E-state index in [2.05, 4.69) is 0 Å². The van der Waals surface area contributed by atoms with Crippen molar-refractivity contribution in [1.82, 2.24) is 4.90 Å². The van der Waals surface area contributed by atoms with E-state index in [0.29, 0.717) is 32.7 Å². The van der Waals surface area contributed by atoms with E-state index in [9.17, 15) is 9.90 Å². The molecule has 0 spiro atoms. The van der Waals surface area contributed by atoms with Gasteiger partial charge in [0.05, 0.1) is 24.4 Å². The zero-order valence-electron chi connectivity index (χ0n) is 11.7. The van der Waals surface area contributed by atoms with Gasteiger partial charge < -0.3 is 14.6 Å². The highest BCUT2D eigenvalue weighted by atomic mass is 16.5. The van der Waals surface area contributed by atoms with Crippen LogP contribution in [-0.2, 0) is 14.3 Å². The number of carbonyl (C=O) groups is 1. The molecule has 2 saturated heterocycles. The van der Waals surface area contributed by atoms with Crippen molar-refractivity contribution in [3.8, 4) is 0 Å². The quantitative estimate of drug-likeness (QED) is 0.803. The van der Waals surface area contributed by atoms with Crippen LogP contribution in [0.5, 0.6) is 0 Å². The van der Waals surface area contributed by atoms with Gasteiger partial charge in [-0.3, -0.25) is 9.69 Å². The second kappa shape index (κ2) is 4.18. The van der Waals surface area contributed by atoms with Gasteiger partial charge in [0.15, 0.2) is 5.54 Å². The van der Waals surface area contributed by atoms with Crippen molar-refractivity contribution in [3.63, 3.8) is 0 Å². The Morgan fingerprint density at radius 1 is 1.17 bits per heavy atom. The van der Waals surface area contributed by atoms with Gasteiger partial charge in [0, 0.05) is 19.5 Å². The molecule has 0 radical (unpaired) electrons. The van der Waals surface area contributed by atoms with Crippen LogP contribution in [0.1, 0.15) is 34.1 Å². The van der Waals surface area contributed by atoms with Crippen LogP contribution in [0.15, 0.2) is 0 Å². The number of hydrogen-bond acceptors (Lipinski definition) is 4. The van der Waals surface area contributed by atoms with Gasteiger partial charge in [-0.15, -0.1) is 0 Å². The number of aliphatic carboxylic acids is 1. The molecule has 1 unspecified atom stereocenters. The summed E-state index contributed by atoms with van der Waals surface area (Å²) >= 11 is 0. The Balaban J connectivity index is 2.40. The van der Waals surface area contributed by atoms with E-state index < -0.39 is 22.7 Å². The molecule has 2 rings (SSSR count). The molecule has 104 valence electrons. The van der Waals surface area contributed by atoms with E-state index in [0.717, 1.165) is 0 Å². The molecular formula is C13H23NO4. The number of rotatable bonds is 2. The second-order valence-electron chi connectivity index (χ2n) is 6.31. The zero-order valence-corrected chi connectivity index (χ0v) is 11.7. The smallest absolute Gasteiger partial charge is 0.327 e. The van der Waals surface area contributed by atoms with Crippen LogP contribution in [0.25, 0.3) is 0 Å². The third kappa shape index (κ3) is 1.94. The molecule has 1 atom stereocenters. The molecule has 2 heterocycles. The van der Waals surface area contributed by atoms with Gasteiger partial charge in [-0.25, -0.2) is 0 Å². The van der Waals surface area contributed by atoms with Gasteiger partial charge in [0.1, 0.15) is 0 Å². The number of carboxylic acid groups (broad SMARTS) is 1. The standard InChI is InChI=1S/C13H23NO4/c1-11(2)9-13(10(15)16,12(3,4)18-11)14-5-7-17-8-6-14/h5-9H2,1-4H3,(H,15,16). The monoisotopic (exact) mass is 257 g/mol. The molecule has 2 aliphatic heterocycles. The third-order valence-corrected chi connectivity index (χ3v) is 4.11. The summed E-state index contributed by atoms with van der Waals surface area (Å²) in [5.41, 5.74) is -2.08. The topological polar surface area (TPSA) is 59.0 Å². The highest BCUT2D eigenvalue weighted by molar-refractivity contribution is 5.81. The van der Waals surface area contributed by atoms with Crippen molar-refractivity contribution < 1.29 is 19.4 Å². The molecular weight excluding hydrogens is 234 g/mol. The molecule has 0 aromatic rings. The molecule has 2 aliphatic rings. The van der Waals surface area contributed by atoms with E-state index in [1.807, 2.05) is 32.6 Å². The summed E-state index contributed by atoms with van der Waals surface area (Å²) in [4.78, 5) is 14.0. The third-order valence-electron chi connectivity index (χ3n) is 4.11. The summed E-state index contributed by atoms with van der Waals surface area (Å²) in [5.74, 6) is -0.792. The maximum Gasteiger partial charge on any atom is 0.327 e. The van der Waals surface area contributed by atoms with Gasteiger partial charge in [-0.2, -0.15) is 0 Å². The first-order valence-corrected chi connectivity index (χ1v) is 6.48. The van der Waals surface area contributed by atoms with Gasteiger partial charge in [0.2, 0.25) is 0 Å². The predicted molar refractivity (Wildman–Crippen MR) is 66.6 cm³/mol. The molecule has 0 aliphatic carbocycles. The van der Waals surface area contributed by atoms with Crippen LogP contribution >= 0.6 is 0 Å². The number of hydrogen-bond donors (Lipinski definition) is 1. The molecule has 0 aromatic heterocycles. The average molecular weight is 257 g/mol. The molecule has 0 aromatic carbocycles. The van der Waals surface area contributed by atoms with E-state index >= 15 is 0 Å². The number of nitrogens with zero attached hydrogens (tertiary/aromatic N) is 1. The minimum absolute atomic E-state index is 0.416. The fraction of sp³-hybridized carbons (Fsp3) is 0.923. The molecule has 2 fully saturated rings. The normalized spacial score (nSPS) is 35.6.